The summed E-state index contributed by atoms with van der Waals surface area (Å²) in [5.74, 6) is 0.770. The highest BCUT2D eigenvalue weighted by Crippen LogP contribution is 2.25. The normalized spacial score (nSPS) is 30.6. The van der Waals surface area contributed by atoms with Gasteiger partial charge in [0.15, 0.2) is 0 Å². The topological polar surface area (TPSA) is 44.4 Å². The van der Waals surface area contributed by atoms with Gasteiger partial charge in [-0.3, -0.25) is 9.69 Å². The summed E-state index contributed by atoms with van der Waals surface area (Å²) in [4.78, 5) is 13.6. The number of hydrogen-bond donors (Lipinski definition) is 2. The molecule has 5 heteroatoms. The molecule has 2 unspecified atom stereocenters. The van der Waals surface area contributed by atoms with Gasteiger partial charge in [-0.2, -0.15) is 11.8 Å². The molecular weight excluding hydrogens is 246 g/mol. The molecule has 0 spiro atoms. The van der Waals surface area contributed by atoms with Gasteiger partial charge < -0.3 is 10.6 Å². The molecule has 2 aliphatic rings. The Morgan fingerprint density at radius 2 is 2.11 bits per heavy atom. The predicted octanol–water partition coefficient (Wildman–Crippen LogP) is 0.538. The number of carbonyl (C=O) groups is 1. The molecule has 18 heavy (non-hydrogen) atoms. The molecule has 2 saturated heterocycles. The first-order valence-corrected chi connectivity index (χ1v) is 8.21. The highest BCUT2D eigenvalue weighted by Gasteiger charge is 2.33. The number of rotatable bonds is 4. The Kier molecular flexibility index (Phi) is 5.33. The maximum atomic E-state index is 10.9. The van der Waals surface area contributed by atoms with Crippen LogP contribution in [0.4, 0.5) is 0 Å². The molecule has 2 fully saturated rings. The highest BCUT2D eigenvalue weighted by atomic mass is 32.2. The monoisotopic (exact) mass is 271 g/mol. The Labute approximate surface area is 114 Å². The third-order valence-electron chi connectivity index (χ3n) is 4.19. The van der Waals surface area contributed by atoms with Crippen molar-refractivity contribution in [3.8, 4) is 0 Å². The third kappa shape index (κ3) is 3.62. The van der Waals surface area contributed by atoms with Gasteiger partial charge in [-0.25, -0.2) is 0 Å². The number of nitrogens with zero attached hydrogens (tertiary/aromatic N) is 1. The summed E-state index contributed by atoms with van der Waals surface area (Å²) in [6.07, 6.45) is 4.66. The summed E-state index contributed by atoms with van der Waals surface area (Å²) < 4.78 is 0. The molecule has 2 rings (SSSR count). The lowest BCUT2D eigenvalue weighted by Crippen LogP contribution is -2.47. The Balaban J connectivity index is 1.74. The molecule has 2 N–H and O–H groups in total. The number of carbonyl (C=O) groups excluding carboxylic acids is 1. The molecule has 104 valence electrons. The maximum Gasteiger partial charge on any atom is 0.216 e. The van der Waals surface area contributed by atoms with Crippen LogP contribution in [0, 0.1) is 5.92 Å². The van der Waals surface area contributed by atoms with Crippen LogP contribution in [0.25, 0.3) is 0 Å². The van der Waals surface area contributed by atoms with Crippen LogP contribution < -0.4 is 10.6 Å². The smallest absolute Gasteiger partial charge is 0.216 e. The van der Waals surface area contributed by atoms with E-state index >= 15 is 0 Å². The van der Waals surface area contributed by atoms with Gasteiger partial charge in [0.05, 0.1) is 0 Å². The van der Waals surface area contributed by atoms with E-state index in [0.717, 1.165) is 24.9 Å². The molecule has 0 radical (unpaired) electrons. The van der Waals surface area contributed by atoms with Crippen molar-refractivity contribution >= 4 is 17.7 Å². The minimum absolute atomic E-state index is 0.0971. The summed E-state index contributed by atoms with van der Waals surface area (Å²) in [6.45, 7) is 7.13. The number of hydrogen-bond acceptors (Lipinski definition) is 4. The minimum Gasteiger partial charge on any atom is -0.356 e. The van der Waals surface area contributed by atoms with E-state index in [1.165, 1.54) is 25.9 Å². The van der Waals surface area contributed by atoms with Crippen molar-refractivity contribution in [1.29, 1.82) is 0 Å². The SMILES string of the molecule is CSC1CNCC1N1CCC(CNC(C)=O)CC1. The molecule has 0 aromatic rings. The van der Waals surface area contributed by atoms with E-state index in [-0.39, 0.29) is 5.91 Å². The van der Waals surface area contributed by atoms with Gasteiger partial charge in [0.1, 0.15) is 0 Å². The van der Waals surface area contributed by atoms with Crippen molar-refractivity contribution in [3.05, 3.63) is 0 Å². The average Bonchev–Trinajstić information content (AvgIpc) is 2.85. The first-order chi connectivity index (χ1) is 8.70. The van der Waals surface area contributed by atoms with Crippen molar-refractivity contribution in [3.63, 3.8) is 0 Å². The summed E-state index contributed by atoms with van der Waals surface area (Å²) >= 11 is 1.99. The zero-order valence-corrected chi connectivity index (χ0v) is 12.3. The molecule has 4 nitrogen and oxygen atoms in total. The van der Waals surface area contributed by atoms with Crippen LogP contribution in [0.3, 0.4) is 0 Å². The fourth-order valence-corrected chi connectivity index (χ4v) is 3.89. The molecule has 0 aliphatic carbocycles. The first-order valence-electron chi connectivity index (χ1n) is 6.92. The highest BCUT2D eigenvalue weighted by molar-refractivity contribution is 7.99. The van der Waals surface area contributed by atoms with E-state index in [4.69, 9.17) is 0 Å². The second-order valence-electron chi connectivity index (χ2n) is 5.42. The summed E-state index contributed by atoms with van der Waals surface area (Å²) in [5, 5.41) is 7.20. The van der Waals surface area contributed by atoms with Crippen LogP contribution in [0.1, 0.15) is 19.8 Å². The van der Waals surface area contributed by atoms with E-state index in [1.54, 1.807) is 6.92 Å². The number of likely N-dealkylation sites (tertiary alicyclic amines) is 1. The van der Waals surface area contributed by atoms with E-state index in [2.05, 4.69) is 21.8 Å². The van der Waals surface area contributed by atoms with Crippen molar-refractivity contribution < 1.29 is 4.79 Å². The number of nitrogens with one attached hydrogen (secondary N) is 2. The van der Waals surface area contributed by atoms with Crippen LogP contribution >= 0.6 is 11.8 Å². The summed E-state index contributed by atoms with van der Waals surface area (Å²) in [5.41, 5.74) is 0. The van der Waals surface area contributed by atoms with Crippen molar-refractivity contribution in [2.75, 3.05) is 39.0 Å². The molecule has 2 atom stereocenters. The van der Waals surface area contributed by atoms with E-state index in [0.29, 0.717) is 12.0 Å². The quantitative estimate of drug-likeness (QED) is 0.783. The summed E-state index contributed by atoms with van der Waals surface area (Å²) in [7, 11) is 0. The average molecular weight is 271 g/mol. The Morgan fingerprint density at radius 1 is 1.39 bits per heavy atom. The number of piperidine rings is 1. The molecular formula is C13H25N3OS. The standard InChI is InChI=1S/C13H25N3OS/c1-10(17)15-7-11-3-5-16(6-4-11)12-8-14-9-13(12)18-2/h11-14H,3-9H2,1-2H3,(H,15,17). The van der Waals surface area contributed by atoms with Crippen molar-refractivity contribution in [2.45, 2.75) is 31.1 Å². The molecule has 0 aromatic heterocycles. The van der Waals surface area contributed by atoms with Crippen molar-refractivity contribution in [1.82, 2.24) is 15.5 Å². The second-order valence-corrected chi connectivity index (χ2v) is 6.49. The van der Waals surface area contributed by atoms with Crippen LogP contribution in [0.5, 0.6) is 0 Å². The lowest BCUT2D eigenvalue weighted by molar-refractivity contribution is -0.119. The third-order valence-corrected chi connectivity index (χ3v) is 5.28. The van der Waals surface area contributed by atoms with Gasteiger partial charge in [0.2, 0.25) is 5.91 Å². The molecule has 0 bridgehead atoms. The minimum atomic E-state index is 0.0971. The molecule has 0 saturated carbocycles. The van der Waals surface area contributed by atoms with Gasteiger partial charge in [-0.05, 0) is 38.1 Å². The van der Waals surface area contributed by atoms with Gasteiger partial charge in [0.25, 0.3) is 0 Å². The van der Waals surface area contributed by atoms with Crippen LogP contribution in [-0.2, 0) is 4.79 Å². The number of thioether (sulfide) groups is 1. The second kappa shape index (κ2) is 6.78. The largest absolute Gasteiger partial charge is 0.356 e. The lowest BCUT2D eigenvalue weighted by atomic mass is 9.95. The van der Waals surface area contributed by atoms with Crippen LogP contribution in [0.2, 0.25) is 0 Å². The zero-order valence-electron chi connectivity index (χ0n) is 11.4. The fourth-order valence-electron chi connectivity index (χ4n) is 3.02. The van der Waals surface area contributed by atoms with Crippen molar-refractivity contribution in [2.24, 2.45) is 5.92 Å². The van der Waals surface area contributed by atoms with Gasteiger partial charge in [-0.1, -0.05) is 0 Å². The van der Waals surface area contributed by atoms with E-state index < -0.39 is 0 Å². The molecule has 2 heterocycles. The van der Waals surface area contributed by atoms with Gasteiger partial charge in [0, 0.05) is 37.8 Å². The Morgan fingerprint density at radius 3 is 2.72 bits per heavy atom. The van der Waals surface area contributed by atoms with Crippen LogP contribution in [0.15, 0.2) is 0 Å². The van der Waals surface area contributed by atoms with E-state index in [1.807, 2.05) is 11.8 Å². The predicted molar refractivity (Wildman–Crippen MR) is 76.9 cm³/mol. The molecule has 1 amide bonds. The number of amides is 1. The Hall–Kier alpha value is -0.260. The first kappa shape index (κ1) is 14.2. The molecule has 0 aromatic carbocycles. The lowest BCUT2D eigenvalue weighted by Gasteiger charge is -2.37. The van der Waals surface area contributed by atoms with Gasteiger partial charge >= 0.3 is 0 Å². The molecule has 2 aliphatic heterocycles. The maximum absolute atomic E-state index is 10.9. The fraction of sp³-hybridized carbons (Fsp3) is 0.923. The van der Waals surface area contributed by atoms with Crippen LogP contribution in [-0.4, -0.2) is 61.1 Å². The Bertz CT molecular complexity index is 279. The van der Waals surface area contributed by atoms with E-state index in [9.17, 15) is 4.79 Å². The summed E-state index contributed by atoms with van der Waals surface area (Å²) in [6, 6.07) is 0.710. The van der Waals surface area contributed by atoms with Gasteiger partial charge in [-0.15, -0.1) is 0 Å². The zero-order chi connectivity index (χ0) is 13.0.